The van der Waals surface area contributed by atoms with Crippen LogP contribution in [0.25, 0.3) is 0 Å². The maximum absolute atomic E-state index is 14.3. The Balaban J connectivity index is 1.92. The summed E-state index contributed by atoms with van der Waals surface area (Å²) in [6.45, 7) is 2.57. The van der Waals surface area contributed by atoms with E-state index in [9.17, 15) is 13.2 Å². The van der Waals surface area contributed by atoms with Crippen LogP contribution in [0.15, 0.2) is 47.4 Å². The second-order valence-corrected chi connectivity index (χ2v) is 10.9. The topological polar surface area (TPSA) is 75.7 Å². The lowest BCUT2D eigenvalue weighted by molar-refractivity contribution is -0.120. The number of benzene rings is 2. The maximum atomic E-state index is 14.3. The molecule has 1 N–H and O–H groups in total. The zero-order valence-electron chi connectivity index (χ0n) is 17.7. The Morgan fingerprint density at radius 2 is 1.90 bits per heavy atom. The number of anilines is 1. The number of nitrogens with zero attached hydrogens (tertiary/aromatic N) is 1. The average Bonchev–Trinajstić information content (AvgIpc) is 3.62. The van der Waals surface area contributed by atoms with Gasteiger partial charge in [0.1, 0.15) is 5.75 Å². The maximum Gasteiger partial charge on any atom is 0.231 e. The molecule has 0 aromatic heterocycles. The lowest BCUT2D eigenvalue weighted by atomic mass is 10.0. The van der Waals surface area contributed by atoms with E-state index >= 15 is 0 Å². The molecule has 4 rings (SSSR count). The number of hydrogen-bond donors (Lipinski definition) is 1. The molecule has 0 spiro atoms. The smallest absolute Gasteiger partial charge is 0.231 e. The molecule has 2 aliphatic rings. The minimum Gasteiger partial charge on any atom is -0.497 e. The first-order valence-electron chi connectivity index (χ1n) is 10.5. The molecule has 0 unspecified atom stereocenters. The first-order valence-corrected chi connectivity index (χ1v) is 12.4. The summed E-state index contributed by atoms with van der Waals surface area (Å²) in [5.74, 6) is 0.362. The molecule has 1 aliphatic carbocycles. The van der Waals surface area contributed by atoms with Crippen molar-refractivity contribution < 1.29 is 17.9 Å². The Kier molecular flexibility index (Phi) is 6.03. The standard InChI is InChI=1S/C23H27ClN2O4S/c1-16-20(24)5-3-6-21(16)31(28,29)23(13-4-14-25-15-23)26(22(27)17-7-8-17)18-9-11-19(30-2)12-10-18/h3,5-6,9-12,17,25H,4,7-8,13-15H2,1-2H3/t23-/m0/s1. The van der Waals surface area contributed by atoms with Gasteiger partial charge in [0.05, 0.1) is 12.0 Å². The highest BCUT2D eigenvalue weighted by molar-refractivity contribution is 7.93. The van der Waals surface area contributed by atoms with Gasteiger partial charge in [0.15, 0.2) is 4.87 Å². The van der Waals surface area contributed by atoms with Crippen LogP contribution in [0.4, 0.5) is 5.69 Å². The summed E-state index contributed by atoms with van der Waals surface area (Å²) in [5.41, 5.74) is 1.06. The molecule has 166 valence electrons. The third kappa shape index (κ3) is 3.83. The molecule has 1 aliphatic heterocycles. The van der Waals surface area contributed by atoms with Gasteiger partial charge < -0.3 is 10.1 Å². The van der Waals surface area contributed by atoms with Gasteiger partial charge >= 0.3 is 0 Å². The fourth-order valence-corrected chi connectivity index (χ4v) is 6.84. The van der Waals surface area contributed by atoms with Gasteiger partial charge in [-0.25, -0.2) is 8.42 Å². The number of methoxy groups -OCH3 is 1. The van der Waals surface area contributed by atoms with E-state index in [1.54, 1.807) is 56.5 Å². The van der Waals surface area contributed by atoms with Gasteiger partial charge in [0.2, 0.25) is 15.7 Å². The van der Waals surface area contributed by atoms with E-state index in [1.807, 2.05) is 0 Å². The number of sulfone groups is 1. The third-order valence-electron chi connectivity index (χ3n) is 6.22. The van der Waals surface area contributed by atoms with Gasteiger partial charge in [-0.1, -0.05) is 17.7 Å². The Morgan fingerprint density at radius 3 is 2.48 bits per heavy atom. The van der Waals surface area contributed by atoms with Crippen LogP contribution in [0.3, 0.4) is 0 Å². The molecule has 1 amide bonds. The number of piperidine rings is 1. The van der Waals surface area contributed by atoms with Gasteiger partial charge in [-0.05, 0) is 81.1 Å². The molecule has 1 saturated heterocycles. The summed E-state index contributed by atoms with van der Waals surface area (Å²) in [7, 11) is -2.39. The number of amides is 1. The number of ether oxygens (including phenoxy) is 1. The second-order valence-electron chi connectivity index (χ2n) is 8.24. The largest absolute Gasteiger partial charge is 0.497 e. The van der Waals surface area contributed by atoms with E-state index in [1.165, 1.54) is 4.90 Å². The predicted molar refractivity (Wildman–Crippen MR) is 121 cm³/mol. The molecule has 1 saturated carbocycles. The van der Waals surface area contributed by atoms with Crippen LogP contribution in [0.1, 0.15) is 31.2 Å². The van der Waals surface area contributed by atoms with Crippen molar-refractivity contribution in [2.75, 3.05) is 25.1 Å². The van der Waals surface area contributed by atoms with Crippen LogP contribution < -0.4 is 15.0 Å². The van der Waals surface area contributed by atoms with E-state index in [2.05, 4.69) is 5.32 Å². The number of halogens is 1. The fourth-order valence-electron chi connectivity index (χ4n) is 4.29. The third-order valence-corrected chi connectivity index (χ3v) is 9.18. The van der Waals surface area contributed by atoms with Gasteiger partial charge in [0.25, 0.3) is 0 Å². The van der Waals surface area contributed by atoms with E-state index in [4.69, 9.17) is 16.3 Å². The molecule has 0 bridgehead atoms. The first-order chi connectivity index (χ1) is 14.8. The summed E-state index contributed by atoms with van der Waals surface area (Å²) in [4.78, 5) is 13.8. The first kappa shape index (κ1) is 22.1. The minimum atomic E-state index is -3.96. The number of nitrogens with one attached hydrogen (secondary N) is 1. The molecular weight excluding hydrogens is 436 g/mol. The molecule has 1 heterocycles. The van der Waals surface area contributed by atoms with Crippen molar-refractivity contribution >= 4 is 33.0 Å². The van der Waals surface area contributed by atoms with E-state index in [0.29, 0.717) is 41.4 Å². The summed E-state index contributed by atoms with van der Waals surface area (Å²) >= 11 is 6.28. The summed E-state index contributed by atoms with van der Waals surface area (Å²) < 4.78 is 33.8. The Morgan fingerprint density at radius 1 is 1.19 bits per heavy atom. The zero-order valence-corrected chi connectivity index (χ0v) is 19.3. The molecule has 6 nitrogen and oxygen atoms in total. The van der Waals surface area contributed by atoms with E-state index in [-0.39, 0.29) is 23.3 Å². The Hall–Kier alpha value is -2.09. The predicted octanol–water partition coefficient (Wildman–Crippen LogP) is 3.95. The van der Waals surface area contributed by atoms with Crippen molar-refractivity contribution in [3.8, 4) is 5.75 Å². The summed E-state index contributed by atoms with van der Waals surface area (Å²) in [5, 5.41) is 3.63. The molecule has 31 heavy (non-hydrogen) atoms. The van der Waals surface area contributed by atoms with Crippen LogP contribution >= 0.6 is 11.6 Å². The van der Waals surface area contributed by atoms with Crippen LogP contribution in [0.5, 0.6) is 5.75 Å². The van der Waals surface area contributed by atoms with E-state index < -0.39 is 14.7 Å². The zero-order chi connectivity index (χ0) is 22.2. The summed E-state index contributed by atoms with van der Waals surface area (Å²) in [6.07, 6.45) is 2.55. The average molecular weight is 463 g/mol. The molecule has 2 fully saturated rings. The van der Waals surface area contributed by atoms with Crippen LogP contribution in [-0.2, 0) is 14.6 Å². The van der Waals surface area contributed by atoms with Crippen molar-refractivity contribution in [1.82, 2.24) is 5.32 Å². The second kappa shape index (κ2) is 8.45. The quantitative estimate of drug-likeness (QED) is 0.703. The van der Waals surface area contributed by atoms with Crippen LogP contribution in [-0.4, -0.2) is 39.4 Å². The van der Waals surface area contributed by atoms with Gasteiger partial charge in [-0.15, -0.1) is 0 Å². The van der Waals surface area contributed by atoms with Crippen molar-refractivity contribution in [3.05, 3.63) is 53.1 Å². The Bertz CT molecular complexity index is 1080. The van der Waals surface area contributed by atoms with Crippen LogP contribution in [0.2, 0.25) is 5.02 Å². The lowest BCUT2D eigenvalue weighted by Crippen LogP contribution is -2.64. The molecule has 8 heteroatoms. The fraction of sp³-hybridized carbons (Fsp3) is 0.435. The van der Waals surface area contributed by atoms with Gasteiger partial charge in [0, 0.05) is 23.2 Å². The molecule has 2 aromatic carbocycles. The number of carbonyl (C=O) groups is 1. The van der Waals surface area contributed by atoms with Crippen molar-refractivity contribution in [1.29, 1.82) is 0 Å². The van der Waals surface area contributed by atoms with Crippen molar-refractivity contribution in [2.24, 2.45) is 5.92 Å². The normalized spacial score (nSPS) is 21.5. The minimum absolute atomic E-state index is 0.142. The highest BCUT2D eigenvalue weighted by Gasteiger charge is 2.55. The van der Waals surface area contributed by atoms with Crippen LogP contribution in [0, 0.1) is 12.8 Å². The lowest BCUT2D eigenvalue weighted by Gasteiger charge is -2.46. The van der Waals surface area contributed by atoms with Crippen molar-refractivity contribution in [2.45, 2.75) is 42.4 Å². The molecular formula is C23H27ClN2O4S. The molecule has 1 atom stereocenters. The summed E-state index contributed by atoms with van der Waals surface area (Å²) in [6, 6.07) is 11.9. The van der Waals surface area contributed by atoms with Crippen molar-refractivity contribution in [3.63, 3.8) is 0 Å². The van der Waals surface area contributed by atoms with E-state index in [0.717, 1.165) is 12.8 Å². The number of rotatable bonds is 6. The molecule has 0 radical (unpaired) electrons. The number of hydrogen-bond acceptors (Lipinski definition) is 5. The Labute approximate surface area is 188 Å². The number of carbonyl (C=O) groups excluding carboxylic acids is 1. The highest BCUT2D eigenvalue weighted by atomic mass is 35.5. The highest BCUT2D eigenvalue weighted by Crippen LogP contribution is 2.43. The molecule has 2 aromatic rings. The monoisotopic (exact) mass is 462 g/mol. The van der Waals surface area contributed by atoms with Gasteiger partial charge in [-0.2, -0.15) is 0 Å². The van der Waals surface area contributed by atoms with Gasteiger partial charge in [-0.3, -0.25) is 9.69 Å². The SMILES string of the molecule is COc1ccc(N(C(=O)C2CC2)[C@]2(S(=O)(=O)c3cccc(Cl)c3C)CCCNC2)cc1.